The number of hydrogen-bond donors (Lipinski definition) is 0. The smallest absolute Gasteiger partial charge is 0.411 e. The minimum atomic E-state index is -0.713. The quantitative estimate of drug-likeness (QED) is 0.295. The number of ether oxygens (including phenoxy) is 7. The number of likely N-dealkylation sites (tertiary alicyclic amines) is 1. The van der Waals surface area contributed by atoms with Crippen LogP contribution in [0.15, 0.2) is 0 Å². The van der Waals surface area contributed by atoms with Crippen LogP contribution in [0.2, 0.25) is 0 Å². The molecule has 0 bridgehead atoms. The van der Waals surface area contributed by atoms with E-state index in [0.29, 0.717) is 59.3 Å². The predicted molar refractivity (Wildman–Crippen MR) is 107 cm³/mol. The summed E-state index contributed by atoms with van der Waals surface area (Å²) in [5, 5.41) is 0. The average molecular weight is 436 g/mol. The molecule has 1 amide bonds. The van der Waals surface area contributed by atoms with Gasteiger partial charge in [-0.3, -0.25) is 4.90 Å². The Kier molecular flexibility index (Phi) is 12.9. The van der Waals surface area contributed by atoms with Gasteiger partial charge in [-0.2, -0.15) is 0 Å². The van der Waals surface area contributed by atoms with Gasteiger partial charge in [0.2, 0.25) is 0 Å². The third kappa shape index (κ3) is 11.1. The molecule has 0 aromatic heterocycles. The fourth-order valence-electron chi connectivity index (χ4n) is 2.76. The molecule has 0 aromatic carbocycles. The second-order valence-corrected chi connectivity index (χ2v) is 7.73. The highest BCUT2D eigenvalue weighted by molar-refractivity contribution is 5.82. The Hall–Kier alpha value is -1.46. The van der Waals surface area contributed by atoms with Gasteiger partial charge in [-0.25, -0.2) is 9.59 Å². The zero-order valence-corrected chi connectivity index (χ0v) is 18.8. The van der Waals surface area contributed by atoms with Crippen molar-refractivity contribution >= 4 is 12.1 Å². The van der Waals surface area contributed by atoms with Crippen LogP contribution in [0.5, 0.6) is 0 Å². The minimum absolute atomic E-state index is 0.265. The zero-order chi connectivity index (χ0) is 22.4. The lowest BCUT2D eigenvalue weighted by molar-refractivity contribution is -0.145. The van der Waals surface area contributed by atoms with E-state index in [1.54, 1.807) is 27.9 Å². The molecule has 2 atom stereocenters. The highest BCUT2D eigenvalue weighted by atomic mass is 16.6. The maximum Gasteiger partial charge on any atom is 0.411 e. The van der Waals surface area contributed by atoms with Crippen LogP contribution in [0.1, 0.15) is 27.2 Å². The monoisotopic (exact) mass is 435 g/mol. The Morgan fingerprint density at radius 1 is 0.867 bits per heavy atom. The van der Waals surface area contributed by atoms with E-state index in [2.05, 4.69) is 0 Å². The van der Waals surface area contributed by atoms with Crippen molar-refractivity contribution in [1.82, 2.24) is 4.90 Å². The number of nitrogens with zero attached hydrogens (tertiary/aromatic N) is 1. The van der Waals surface area contributed by atoms with E-state index in [9.17, 15) is 9.59 Å². The van der Waals surface area contributed by atoms with Crippen LogP contribution in [-0.2, 0) is 38.0 Å². The average Bonchev–Trinajstić information content (AvgIpc) is 3.11. The van der Waals surface area contributed by atoms with Crippen LogP contribution < -0.4 is 0 Å². The van der Waals surface area contributed by atoms with Crippen LogP contribution in [0.3, 0.4) is 0 Å². The molecule has 0 spiro atoms. The standard InChI is InChI=1S/C20H37NO9/c1-20(2,3)30-19(23)21-15-16(14-17(21)18(22)25-5)29-13-12-28-11-10-27-9-8-26-7-6-24-4/h16-17H,6-15H2,1-5H3/t16-,17-/m0/s1. The molecule has 1 rings (SSSR count). The van der Waals surface area contributed by atoms with E-state index in [1.165, 1.54) is 12.0 Å². The molecular formula is C20H37NO9. The minimum Gasteiger partial charge on any atom is -0.467 e. The fourth-order valence-corrected chi connectivity index (χ4v) is 2.76. The summed E-state index contributed by atoms with van der Waals surface area (Å²) in [6.45, 7) is 9.38. The summed E-state index contributed by atoms with van der Waals surface area (Å²) in [5.41, 5.74) is -0.650. The fraction of sp³-hybridized carbons (Fsp3) is 0.900. The SMILES string of the molecule is COCCOCCOCCOCCO[C@H]1C[C@@H](C(=O)OC)N(C(=O)OC(C)(C)C)C1. The highest BCUT2D eigenvalue weighted by Crippen LogP contribution is 2.24. The Morgan fingerprint density at radius 2 is 1.40 bits per heavy atom. The number of methoxy groups -OCH3 is 2. The highest BCUT2D eigenvalue weighted by Gasteiger charge is 2.42. The predicted octanol–water partition coefficient (Wildman–Crippen LogP) is 1.25. The van der Waals surface area contributed by atoms with Gasteiger partial charge in [0.1, 0.15) is 11.6 Å². The summed E-state index contributed by atoms with van der Waals surface area (Å²) in [7, 11) is 2.92. The second-order valence-electron chi connectivity index (χ2n) is 7.73. The van der Waals surface area contributed by atoms with Crippen LogP contribution >= 0.6 is 0 Å². The van der Waals surface area contributed by atoms with Gasteiger partial charge >= 0.3 is 12.1 Å². The molecule has 10 heteroatoms. The third-order valence-electron chi connectivity index (χ3n) is 4.12. The van der Waals surface area contributed by atoms with Crippen LogP contribution in [0.25, 0.3) is 0 Å². The summed E-state index contributed by atoms with van der Waals surface area (Å²) < 4.78 is 37.0. The second kappa shape index (κ2) is 14.5. The molecule has 0 radical (unpaired) electrons. The molecule has 0 saturated carbocycles. The Balaban J connectivity index is 2.20. The summed E-state index contributed by atoms with van der Waals surface area (Å²) >= 11 is 0. The zero-order valence-electron chi connectivity index (χ0n) is 18.8. The Labute approximate surface area is 179 Å². The van der Waals surface area contributed by atoms with E-state index in [-0.39, 0.29) is 12.6 Å². The number of amides is 1. The molecule has 0 aliphatic carbocycles. The molecular weight excluding hydrogens is 398 g/mol. The number of esters is 1. The van der Waals surface area contributed by atoms with Gasteiger partial charge < -0.3 is 33.2 Å². The largest absolute Gasteiger partial charge is 0.467 e. The van der Waals surface area contributed by atoms with Crippen molar-refractivity contribution in [2.45, 2.75) is 44.9 Å². The van der Waals surface area contributed by atoms with Gasteiger partial charge in [0.25, 0.3) is 0 Å². The summed E-state index contributed by atoms with van der Waals surface area (Å²) in [6.07, 6.45) is -0.479. The number of carbonyl (C=O) groups excluding carboxylic acids is 2. The number of rotatable bonds is 14. The molecule has 1 heterocycles. The Morgan fingerprint density at radius 3 is 1.90 bits per heavy atom. The van der Waals surface area contributed by atoms with E-state index >= 15 is 0 Å². The first kappa shape index (κ1) is 26.6. The van der Waals surface area contributed by atoms with Gasteiger partial charge in [-0.05, 0) is 20.8 Å². The van der Waals surface area contributed by atoms with Gasteiger partial charge in [-0.1, -0.05) is 0 Å². The normalized spacial score (nSPS) is 19.2. The van der Waals surface area contributed by atoms with E-state index < -0.39 is 23.7 Å². The summed E-state index contributed by atoms with van der Waals surface area (Å²) in [4.78, 5) is 25.8. The van der Waals surface area contributed by atoms with E-state index in [0.717, 1.165) is 0 Å². The molecule has 30 heavy (non-hydrogen) atoms. The van der Waals surface area contributed by atoms with Gasteiger partial charge in [0, 0.05) is 13.5 Å². The number of carbonyl (C=O) groups is 2. The lowest BCUT2D eigenvalue weighted by Gasteiger charge is -2.27. The van der Waals surface area contributed by atoms with Crippen molar-refractivity contribution < 1.29 is 42.7 Å². The van der Waals surface area contributed by atoms with Crippen molar-refractivity contribution in [3.05, 3.63) is 0 Å². The van der Waals surface area contributed by atoms with Gasteiger partial charge in [0.15, 0.2) is 0 Å². The van der Waals surface area contributed by atoms with E-state index in [1.807, 2.05) is 0 Å². The molecule has 10 nitrogen and oxygen atoms in total. The Bertz CT molecular complexity index is 495. The van der Waals surface area contributed by atoms with Crippen molar-refractivity contribution in [3.8, 4) is 0 Å². The van der Waals surface area contributed by atoms with Crippen molar-refractivity contribution in [2.75, 3.05) is 73.6 Å². The lowest BCUT2D eigenvalue weighted by Crippen LogP contribution is -2.44. The first-order valence-electron chi connectivity index (χ1n) is 10.2. The third-order valence-corrected chi connectivity index (χ3v) is 4.12. The molecule has 0 N–H and O–H groups in total. The lowest BCUT2D eigenvalue weighted by atomic mass is 10.2. The maximum absolute atomic E-state index is 12.4. The molecule has 1 aliphatic heterocycles. The molecule has 0 aromatic rings. The van der Waals surface area contributed by atoms with Crippen molar-refractivity contribution in [2.24, 2.45) is 0 Å². The van der Waals surface area contributed by atoms with Gasteiger partial charge in [0.05, 0.1) is 72.6 Å². The number of hydrogen-bond acceptors (Lipinski definition) is 9. The topological polar surface area (TPSA) is 102 Å². The molecule has 176 valence electrons. The first-order chi connectivity index (χ1) is 14.3. The van der Waals surface area contributed by atoms with Crippen molar-refractivity contribution in [1.29, 1.82) is 0 Å². The van der Waals surface area contributed by atoms with E-state index in [4.69, 9.17) is 33.2 Å². The molecule has 1 aliphatic rings. The maximum atomic E-state index is 12.4. The summed E-state index contributed by atoms with van der Waals surface area (Å²) in [5.74, 6) is -0.480. The van der Waals surface area contributed by atoms with Crippen LogP contribution in [0, 0.1) is 0 Å². The van der Waals surface area contributed by atoms with Gasteiger partial charge in [-0.15, -0.1) is 0 Å². The molecule has 1 saturated heterocycles. The van der Waals surface area contributed by atoms with Crippen molar-refractivity contribution in [3.63, 3.8) is 0 Å². The van der Waals surface area contributed by atoms with Crippen LogP contribution in [0.4, 0.5) is 4.79 Å². The molecule has 0 unspecified atom stereocenters. The molecule has 1 fully saturated rings. The van der Waals surface area contributed by atoms with Crippen LogP contribution in [-0.4, -0.2) is 108 Å². The summed E-state index contributed by atoms with van der Waals surface area (Å²) in [6, 6.07) is -0.713. The first-order valence-corrected chi connectivity index (χ1v) is 10.2.